The summed E-state index contributed by atoms with van der Waals surface area (Å²) in [5, 5.41) is 20.1. The van der Waals surface area contributed by atoms with Crippen molar-refractivity contribution in [1.29, 1.82) is 0 Å². The van der Waals surface area contributed by atoms with Crippen LogP contribution in [0.5, 0.6) is 0 Å². The van der Waals surface area contributed by atoms with E-state index in [1.165, 1.54) is 6.21 Å². The zero-order chi connectivity index (χ0) is 10.9. The van der Waals surface area contributed by atoms with Gasteiger partial charge in [0.2, 0.25) is 0 Å². The van der Waals surface area contributed by atoms with Crippen molar-refractivity contribution in [2.24, 2.45) is 22.4 Å². The molecule has 1 aliphatic carbocycles. The van der Waals surface area contributed by atoms with Gasteiger partial charge in [-0.05, 0) is 23.8 Å². The second-order valence-electron chi connectivity index (χ2n) is 4.32. The first-order valence-corrected chi connectivity index (χ1v) is 4.50. The van der Waals surface area contributed by atoms with Crippen LogP contribution in [0.2, 0.25) is 0 Å². The van der Waals surface area contributed by atoms with Crippen LogP contribution in [0.15, 0.2) is 16.8 Å². The molecular formula is C10H15NO3. The van der Waals surface area contributed by atoms with Gasteiger partial charge in [-0.2, -0.15) is 0 Å². The monoisotopic (exact) mass is 197 g/mol. The van der Waals surface area contributed by atoms with E-state index in [0.717, 1.165) is 5.57 Å². The fraction of sp³-hybridized carbons (Fsp3) is 0.600. The van der Waals surface area contributed by atoms with Crippen molar-refractivity contribution in [3.63, 3.8) is 0 Å². The lowest BCUT2D eigenvalue weighted by molar-refractivity contribution is -0.139. The number of hydrogen-bond acceptors (Lipinski definition) is 3. The third-order valence-electron chi connectivity index (χ3n) is 2.88. The summed E-state index contributed by atoms with van der Waals surface area (Å²) in [5.74, 6) is -1.03. The highest BCUT2D eigenvalue weighted by atomic mass is 16.4. The Labute approximate surface area is 82.9 Å². The van der Waals surface area contributed by atoms with E-state index in [1.54, 1.807) is 6.92 Å². The number of carboxylic acids is 1. The molecular weight excluding hydrogens is 182 g/mol. The number of aliphatic carboxylic acids is 1. The second-order valence-corrected chi connectivity index (χ2v) is 4.32. The molecule has 1 saturated carbocycles. The largest absolute Gasteiger partial charge is 0.481 e. The molecule has 4 heteroatoms. The molecule has 0 aliphatic heterocycles. The van der Waals surface area contributed by atoms with Crippen LogP contribution >= 0.6 is 0 Å². The number of rotatable bonds is 3. The Bertz CT molecular complexity index is 304. The molecule has 0 aromatic heterocycles. The molecule has 0 aromatic carbocycles. The van der Waals surface area contributed by atoms with Crippen LogP contribution in [0.4, 0.5) is 0 Å². The summed E-state index contributed by atoms with van der Waals surface area (Å²) >= 11 is 0. The first-order valence-electron chi connectivity index (χ1n) is 4.50. The molecule has 1 fully saturated rings. The first kappa shape index (κ1) is 10.8. The predicted octanol–water partition coefficient (Wildman–Crippen LogP) is 1.75. The Kier molecular flexibility index (Phi) is 2.64. The summed E-state index contributed by atoms with van der Waals surface area (Å²) in [6.45, 7) is 5.64. The maximum absolute atomic E-state index is 10.8. The zero-order valence-electron chi connectivity index (χ0n) is 8.56. The molecule has 0 spiro atoms. The Morgan fingerprint density at radius 1 is 1.50 bits per heavy atom. The third-order valence-corrected chi connectivity index (χ3v) is 2.88. The molecule has 0 unspecified atom stereocenters. The Balaban J connectivity index is 2.75. The van der Waals surface area contributed by atoms with Gasteiger partial charge in [-0.25, -0.2) is 0 Å². The van der Waals surface area contributed by atoms with E-state index in [9.17, 15) is 4.79 Å². The molecule has 78 valence electrons. The van der Waals surface area contributed by atoms with Gasteiger partial charge in [0.05, 0.1) is 12.1 Å². The molecule has 4 nitrogen and oxygen atoms in total. The van der Waals surface area contributed by atoms with Gasteiger partial charge in [-0.15, -0.1) is 0 Å². The number of nitrogens with zero attached hydrogens (tertiary/aromatic N) is 1. The van der Waals surface area contributed by atoms with Crippen molar-refractivity contribution in [2.75, 3.05) is 0 Å². The van der Waals surface area contributed by atoms with E-state index in [-0.39, 0.29) is 17.3 Å². The minimum atomic E-state index is -0.759. The first-order chi connectivity index (χ1) is 6.41. The number of allylic oxidation sites excluding steroid dienone is 2. The van der Waals surface area contributed by atoms with Gasteiger partial charge in [0.25, 0.3) is 0 Å². The summed E-state index contributed by atoms with van der Waals surface area (Å²) < 4.78 is 0. The highest BCUT2D eigenvalue weighted by Gasteiger charge is 2.60. The molecule has 1 rings (SSSR count). The molecule has 0 radical (unpaired) electrons. The average Bonchev–Trinajstić information content (AvgIpc) is 2.53. The smallest absolute Gasteiger partial charge is 0.307 e. The van der Waals surface area contributed by atoms with Gasteiger partial charge < -0.3 is 10.3 Å². The molecule has 2 atom stereocenters. The molecule has 0 aromatic rings. The van der Waals surface area contributed by atoms with Crippen molar-refractivity contribution < 1.29 is 15.1 Å². The van der Waals surface area contributed by atoms with Crippen LogP contribution in [0.1, 0.15) is 20.8 Å². The summed E-state index contributed by atoms with van der Waals surface area (Å²) in [4.78, 5) is 10.8. The minimum Gasteiger partial charge on any atom is -0.481 e. The van der Waals surface area contributed by atoms with Crippen molar-refractivity contribution in [3.8, 4) is 0 Å². The molecule has 1 aliphatic rings. The minimum absolute atomic E-state index is 0.0398. The molecule has 0 bridgehead atoms. The second kappa shape index (κ2) is 3.44. The molecule has 0 amide bonds. The van der Waals surface area contributed by atoms with Gasteiger partial charge in [-0.3, -0.25) is 4.79 Å². The maximum atomic E-state index is 10.8. The van der Waals surface area contributed by atoms with Crippen LogP contribution in [0.3, 0.4) is 0 Å². The Morgan fingerprint density at radius 2 is 2.07 bits per heavy atom. The van der Waals surface area contributed by atoms with Gasteiger partial charge in [0.15, 0.2) is 0 Å². The van der Waals surface area contributed by atoms with Gasteiger partial charge in [-0.1, -0.05) is 25.1 Å². The van der Waals surface area contributed by atoms with Crippen LogP contribution in [-0.2, 0) is 4.79 Å². The van der Waals surface area contributed by atoms with E-state index >= 15 is 0 Å². The normalized spacial score (nSPS) is 30.6. The molecule has 14 heavy (non-hydrogen) atoms. The third kappa shape index (κ3) is 1.78. The molecule has 0 saturated heterocycles. The fourth-order valence-electron chi connectivity index (χ4n) is 1.88. The van der Waals surface area contributed by atoms with E-state index < -0.39 is 5.97 Å². The fourth-order valence-corrected chi connectivity index (χ4v) is 1.88. The van der Waals surface area contributed by atoms with E-state index in [4.69, 9.17) is 10.3 Å². The van der Waals surface area contributed by atoms with Crippen LogP contribution in [-0.4, -0.2) is 22.5 Å². The van der Waals surface area contributed by atoms with Crippen LogP contribution < -0.4 is 0 Å². The van der Waals surface area contributed by atoms with Gasteiger partial charge in [0.1, 0.15) is 0 Å². The average molecular weight is 197 g/mol. The number of oxime groups is 1. The molecule has 0 heterocycles. The number of hydrogen-bond donors (Lipinski definition) is 2. The van der Waals surface area contributed by atoms with Crippen molar-refractivity contribution >= 4 is 12.2 Å². The summed E-state index contributed by atoms with van der Waals surface area (Å²) in [6, 6.07) is 0. The lowest BCUT2D eigenvalue weighted by Gasteiger charge is -1.97. The van der Waals surface area contributed by atoms with Crippen molar-refractivity contribution in [1.82, 2.24) is 0 Å². The summed E-state index contributed by atoms with van der Waals surface area (Å²) in [6.07, 6.45) is 3.16. The zero-order valence-corrected chi connectivity index (χ0v) is 8.56. The van der Waals surface area contributed by atoms with E-state index in [0.29, 0.717) is 0 Å². The maximum Gasteiger partial charge on any atom is 0.307 e. The number of carbonyl (C=O) groups is 1. The highest BCUT2D eigenvalue weighted by Crippen LogP contribution is 2.59. The van der Waals surface area contributed by atoms with Gasteiger partial charge >= 0.3 is 5.97 Å². The standard InChI is InChI=1S/C10H15NO3/c1-6(5-11-14)4-7-8(9(12)13)10(7,2)3/h4-5,7-8,14H,1-3H3,(H,12,13)/t7-,8+/m1/s1. The van der Waals surface area contributed by atoms with E-state index in [1.807, 2.05) is 19.9 Å². The Hall–Kier alpha value is -1.32. The van der Waals surface area contributed by atoms with E-state index in [2.05, 4.69) is 5.16 Å². The SMILES string of the molecule is CC(C=NO)=C[C@@H]1[C@@H](C(=O)O)C1(C)C. The number of carboxylic acid groups (broad SMARTS) is 1. The van der Waals surface area contributed by atoms with Gasteiger partial charge in [0, 0.05) is 0 Å². The van der Waals surface area contributed by atoms with Crippen LogP contribution in [0, 0.1) is 17.3 Å². The summed E-state index contributed by atoms with van der Waals surface area (Å²) in [7, 11) is 0. The summed E-state index contributed by atoms with van der Waals surface area (Å²) in [5.41, 5.74) is 0.602. The molecule has 2 N–H and O–H groups in total. The Morgan fingerprint density at radius 3 is 2.43 bits per heavy atom. The van der Waals surface area contributed by atoms with Crippen molar-refractivity contribution in [3.05, 3.63) is 11.6 Å². The lowest BCUT2D eigenvalue weighted by Crippen LogP contribution is -2.03. The topological polar surface area (TPSA) is 69.9 Å². The quantitative estimate of drug-likeness (QED) is 0.411. The van der Waals surface area contributed by atoms with Crippen molar-refractivity contribution in [2.45, 2.75) is 20.8 Å². The highest BCUT2D eigenvalue weighted by molar-refractivity contribution is 5.80. The van der Waals surface area contributed by atoms with Crippen LogP contribution in [0.25, 0.3) is 0 Å². The predicted molar refractivity (Wildman–Crippen MR) is 52.4 cm³/mol. The lowest BCUT2D eigenvalue weighted by atomic mass is 10.1.